The lowest BCUT2D eigenvalue weighted by atomic mass is 10.2. The molecule has 6 heteroatoms. The predicted molar refractivity (Wildman–Crippen MR) is 92.4 cm³/mol. The molecule has 0 atom stereocenters. The number of nitrogens with one attached hydrogen (secondary N) is 1. The molecule has 3 rings (SSSR count). The molecule has 2 heterocycles. The smallest absolute Gasteiger partial charge is 0.180 e. The largest absolute Gasteiger partial charge is 0.369 e. The third kappa shape index (κ3) is 3.04. The monoisotopic (exact) mass is 397 g/mol. The van der Waals surface area contributed by atoms with Crippen LogP contribution in [0.4, 0.5) is 5.82 Å². The summed E-state index contributed by atoms with van der Waals surface area (Å²) in [5.41, 5.74) is 2.19. The van der Waals surface area contributed by atoms with Crippen LogP contribution in [0.5, 0.6) is 0 Å². The average molecular weight is 397 g/mol. The fraction of sp³-hybridized carbons (Fsp3) is 0.533. The van der Waals surface area contributed by atoms with E-state index in [1.165, 1.54) is 22.1 Å². The Morgan fingerprint density at radius 1 is 1.33 bits per heavy atom. The number of nitrogens with zero attached hydrogens (tertiary/aromatic N) is 4. The third-order valence-electron chi connectivity index (χ3n) is 3.67. The summed E-state index contributed by atoms with van der Waals surface area (Å²) < 4.78 is 3.26. The van der Waals surface area contributed by atoms with E-state index in [1.54, 1.807) is 0 Å². The maximum absolute atomic E-state index is 4.83. The van der Waals surface area contributed by atoms with Gasteiger partial charge in [-0.05, 0) is 48.8 Å². The van der Waals surface area contributed by atoms with E-state index in [4.69, 9.17) is 9.97 Å². The number of aromatic nitrogens is 4. The number of imidazole rings is 1. The molecule has 112 valence electrons. The molecule has 1 aliphatic carbocycles. The summed E-state index contributed by atoms with van der Waals surface area (Å²) in [6, 6.07) is 0. The lowest BCUT2D eigenvalue weighted by molar-refractivity contribution is 0.762. The maximum Gasteiger partial charge on any atom is 0.180 e. The molecule has 0 radical (unpaired) electrons. The van der Waals surface area contributed by atoms with Crippen LogP contribution in [0.3, 0.4) is 0 Å². The molecule has 5 nitrogen and oxygen atoms in total. The number of aryl methyl sites for hydroxylation is 1. The SMILES string of the molecule is CCCNc1nc(-c2cncn2CC)nc(C2CC2)c1I. The Kier molecular flexibility index (Phi) is 4.42. The predicted octanol–water partition coefficient (Wildman–Crippen LogP) is 3.66. The summed E-state index contributed by atoms with van der Waals surface area (Å²) in [6.45, 7) is 6.08. The number of hydrogen-bond donors (Lipinski definition) is 1. The van der Waals surface area contributed by atoms with E-state index >= 15 is 0 Å². The molecule has 1 fully saturated rings. The van der Waals surface area contributed by atoms with Crippen molar-refractivity contribution in [3.05, 3.63) is 21.8 Å². The molecule has 2 aromatic heterocycles. The van der Waals surface area contributed by atoms with Gasteiger partial charge >= 0.3 is 0 Å². The van der Waals surface area contributed by atoms with Crippen molar-refractivity contribution < 1.29 is 0 Å². The van der Waals surface area contributed by atoms with Gasteiger partial charge in [-0.3, -0.25) is 0 Å². The van der Waals surface area contributed by atoms with Crippen molar-refractivity contribution in [1.29, 1.82) is 0 Å². The van der Waals surface area contributed by atoms with Gasteiger partial charge in [0.15, 0.2) is 5.82 Å². The standard InChI is InChI=1S/C15H20IN5/c1-3-7-18-15-12(16)13(10-5-6-10)19-14(20-15)11-8-17-9-21(11)4-2/h8-10H,3-7H2,1-2H3,(H,18,19,20). The molecule has 0 amide bonds. The van der Waals surface area contributed by atoms with Gasteiger partial charge in [0.25, 0.3) is 0 Å². The Labute approximate surface area is 138 Å². The first-order chi connectivity index (χ1) is 10.2. The molecule has 1 saturated carbocycles. The molecule has 0 bridgehead atoms. The van der Waals surface area contributed by atoms with E-state index in [-0.39, 0.29) is 0 Å². The van der Waals surface area contributed by atoms with Crippen molar-refractivity contribution >= 4 is 28.4 Å². The van der Waals surface area contributed by atoms with Crippen molar-refractivity contribution in [2.45, 2.75) is 45.6 Å². The highest BCUT2D eigenvalue weighted by Gasteiger charge is 2.29. The van der Waals surface area contributed by atoms with Gasteiger partial charge in [0, 0.05) is 19.0 Å². The minimum absolute atomic E-state index is 0.610. The first-order valence-corrected chi connectivity index (χ1v) is 8.64. The Balaban J connectivity index is 2.05. The van der Waals surface area contributed by atoms with Gasteiger partial charge in [-0.15, -0.1) is 0 Å². The molecule has 0 unspecified atom stereocenters. The van der Waals surface area contributed by atoms with Crippen LogP contribution in [0, 0.1) is 3.57 Å². The van der Waals surface area contributed by atoms with Crippen LogP contribution < -0.4 is 5.32 Å². The van der Waals surface area contributed by atoms with Crippen molar-refractivity contribution in [3.8, 4) is 11.5 Å². The van der Waals surface area contributed by atoms with Gasteiger partial charge in [-0.2, -0.15) is 0 Å². The molecule has 2 aromatic rings. The maximum atomic E-state index is 4.83. The fourth-order valence-corrected chi connectivity index (χ4v) is 3.20. The summed E-state index contributed by atoms with van der Waals surface area (Å²) in [4.78, 5) is 13.8. The van der Waals surface area contributed by atoms with Crippen LogP contribution in [-0.2, 0) is 6.54 Å². The van der Waals surface area contributed by atoms with E-state index in [0.29, 0.717) is 5.92 Å². The average Bonchev–Trinajstić information content (AvgIpc) is 3.23. The second kappa shape index (κ2) is 6.29. The number of halogens is 1. The normalized spacial score (nSPS) is 14.4. The third-order valence-corrected chi connectivity index (χ3v) is 4.73. The van der Waals surface area contributed by atoms with E-state index in [0.717, 1.165) is 36.8 Å². The molecule has 1 N–H and O–H groups in total. The quantitative estimate of drug-likeness (QED) is 0.756. The molecule has 0 spiro atoms. The van der Waals surface area contributed by atoms with Gasteiger partial charge in [-0.25, -0.2) is 15.0 Å². The molecule has 0 saturated heterocycles. The Morgan fingerprint density at radius 2 is 2.14 bits per heavy atom. The highest BCUT2D eigenvalue weighted by molar-refractivity contribution is 14.1. The molecule has 0 aromatic carbocycles. The van der Waals surface area contributed by atoms with E-state index in [1.807, 2.05) is 12.5 Å². The zero-order valence-corrected chi connectivity index (χ0v) is 14.6. The van der Waals surface area contributed by atoms with Gasteiger partial charge in [0.1, 0.15) is 11.5 Å². The molecular formula is C15H20IN5. The Morgan fingerprint density at radius 3 is 2.81 bits per heavy atom. The van der Waals surface area contributed by atoms with Crippen LogP contribution in [0.1, 0.15) is 44.7 Å². The van der Waals surface area contributed by atoms with Gasteiger partial charge in [0.05, 0.1) is 21.8 Å². The summed E-state index contributed by atoms with van der Waals surface area (Å²) in [6.07, 6.45) is 7.26. The van der Waals surface area contributed by atoms with Crippen molar-refractivity contribution in [3.63, 3.8) is 0 Å². The highest BCUT2D eigenvalue weighted by Crippen LogP contribution is 2.42. The van der Waals surface area contributed by atoms with Crippen LogP contribution in [0.2, 0.25) is 0 Å². The van der Waals surface area contributed by atoms with Gasteiger partial charge < -0.3 is 9.88 Å². The first kappa shape index (κ1) is 14.7. The van der Waals surface area contributed by atoms with Crippen LogP contribution in [-0.4, -0.2) is 26.1 Å². The number of hydrogen-bond acceptors (Lipinski definition) is 4. The molecule has 1 aliphatic rings. The molecule has 21 heavy (non-hydrogen) atoms. The fourth-order valence-electron chi connectivity index (χ4n) is 2.33. The zero-order valence-electron chi connectivity index (χ0n) is 12.4. The summed E-state index contributed by atoms with van der Waals surface area (Å²) >= 11 is 2.38. The van der Waals surface area contributed by atoms with E-state index in [9.17, 15) is 0 Å². The summed E-state index contributed by atoms with van der Waals surface area (Å²) in [5, 5.41) is 3.44. The van der Waals surface area contributed by atoms with Crippen LogP contribution >= 0.6 is 22.6 Å². The lowest BCUT2D eigenvalue weighted by Gasteiger charge is -2.13. The van der Waals surface area contributed by atoms with Crippen molar-refractivity contribution in [2.24, 2.45) is 0 Å². The summed E-state index contributed by atoms with van der Waals surface area (Å²) in [7, 11) is 0. The molecule has 0 aliphatic heterocycles. The lowest BCUT2D eigenvalue weighted by Crippen LogP contribution is -2.10. The van der Waals surface area contributed by atoms with Gasteiger partial charge in [0.2, 0.25) is 0 Å². The highest BCUT2D eigenvalue weighted by atomic mass is 127. The topological polar surface area (TPSA) is 55.6 Å². The minimum Gasteiger partial charge on any atom is -0.369 e. The van der Waals surface area contributed by atoms with Crippen molar-refractivity contribution in [2.75, 3.05) is 11.9 Å². The number of rotatable bonds is 6. The van der Waals surface area contributed by atoms with Crippen LogP contribution in [0.15, 0.2) is 12.5 Å². The second-order valence-electron chi connectivity index (χ2n) is 5.36. The Bertz CT molecular complexity index is 633. The minimum atomic E-state index is 0.610. The van der Waals surface area contributed by atoms with E-state index < -0.39 is 0 Å². The van der Waals surface area contributed by atoms with Crippen LogP contribution in [0.25, 0.3) is 11.5 Å². The summed E-state index contributed by atoms with van der Waals surface area (Å²) in [5.74, 6) is 2.36. The molecular weight excluding hydrogens is 377 g/mol. The van der Waals surface area contributed by atoms with E-state index in [2.05, 4.69) is 51.3 Å². The Hall–Kier alpha value is -1.18. The van der Waals surface area contributed by atoms with Crippen molar-refractivity contribution in [1.82, 2.24) is 19.5 Å². The first-order valence-electron chi connectivity index (χ1n) is 7.56. The zero-order chi connectivity index (χ0) is 14.8. The second-order valence-corrected chi connectivity index (χ2v) is 6.44. The van der Waals surface area contributed by atoms with Gasteiger partial charge in [-0.1, -0.05) is 6.92 Å². The number of anilines is 1.